The molecule has 5 heteroatoms. The maximum absolute atomic E-state index is 12.3. The molecule has 0 saturated carbocycles. The third-order valence-electron chi connectivity index (χ3n) is 4.27. The summed E-state index contributed by atoms with van der Waals surface area (Å²) >= 11 is 0. The Bertz CT molecular complexity index is 922. The fourth-order valence-electron chi connectivity index (χ4n) is 2.63. The van der Waals surface area contributed by atoms with Gasteiger partial charge >= 0.3 is 0 Å². The summed E-state index contributed by atoms with van der Waals surface area (Å²) in [7, 11) is 0. The van der Waals surface area contributed by atoms with Crippen LogP contribution in [0.4, 0.5) is 0 Å². The van der Waals surface area contributed by atoms with E-state index in [9.17, 15) is 9.59 Å². The van der Waals surface area contributed by atoms with Crippen molar-refractivity contribution < 1.29 is 9.59 Å². The van der Waals surface area contributed by atoms with E-state index in [0.29, 0.717) is 24.2 Å². The van der Waals surface area contributed by atoms with Gasteiger partial charge in [-0.1, -0.05) is 30.3 Å². The lowest BCUT2D eigenvalue weighted by Crippen LogP contribution is -2.24. The second-order valence-corrected chi connectivity index (χ2v) is 6.19. The van der Waals surface area contributed by atoms with Crippen molar-refractivity contribution in [2.24, 2.45) is 0 Å². The van der Waals surface area contributed by atoms with E-state index in [1.807, 2.05) is 49.4 Å². The third-order valence-corrected chi connectivity index (χ3v) is 4.27. The molecule has 0 bridgehead atoms. The van der Waals surface area contributed by atoms with Gasteiger partial charge < -0.3 is 10.6 Å². The summed E-state index contributed by atoms with van der Waals surface area (Å²) in [5.41, 5.74) is 4.03. The quantitative estimate of drug-likeness (QED) is 0.710. The van der Waals surface area contributed by atoms with E-state index >= 15 is 0 Å². The van der Waals surface area contributed by atoms with E-state index in [1.165, 1.54) is 0 Å². The average Bonchev–Trinajstić information content (AvgIpc) is 2.72. The molecule has 0 atom stereocenters. The Hall–Kier alpha value is -3.47. The smallest absolute Gasteiger partial charge is 0.251 e. The Labute approximate surface area is 158 Å². The second kappa shape index (κ2) is 8.76. The maximum atomic E-state index is 12.3. The van der Waals surface area contributed by atoms with Crippen molar-refractivity contribution in [2.45, 2.75) is 20.0 Å². The highest BCUT2D eigenvalue weighted by Crippen LogP contribution is 2.08. The number of hydrogen-bond donors (Lipinski definition) is 2. The summed E-state index contributed by atoms with van der Waals surface area (Å²) in [5, 5.41) is 5.72. The van der Waals surface area contributed by atoms with Gasteiger partial charge in [-0.25, -0.2) is 0 Å². The number of amides is 2. The first-order valence-corrected chi connectivity index (χ1v) is 8.74. The van der Waals surface area contributed by atoms with Crippen LogP contribution in [0.5, 0.6) is 0 Å². The van der Waals surface area contributed by atoms with E-state index in [1.54, 1.807) is 30.5 Å². The van der Waals surface area contributed by atoms with Crippen LogP contribution in [0.3, 0.4) is 0 Å². The zero-order chi connectivity index (χ0) is 19.1. The molecule has 0 fully saturated rings. The number of nitrogens with zero attached hydrogens (tertiary/aromatic N) is 1. The number of carbonyl (C=O) groups excluding carboxylic acids is 2. The minimum Gasteiger partial charge on any atom is -0.348 e. The topological polar surface area (TPSA) is 71.1 Å². The van der Waals surface area contributed by atoms with Crippen molar-refractivity contribution in [3.63, 3.8) is 0 Å². The lowest BCUT2D eigenvalue weighted by molar-refractivity contribution is 0.0939. The summed E-state index contributed by atoms with van der Waals surface area (Å²) in [6.07, 6.45) is 1.69. The van der Waals surface area contributed by atoms with E-state index in [-0.39, 0.29) is 11.8 Å². The van der Waals surface area contributed by atoms with Gasteiger partial charge in [0.05, 0.1) is 12.2 Å². The zero-order valence-corrected chi connectivity index (χ0v) is 15.1. The van der Waals surface area contributed by atoms with Gasteiger partial charge in [0, 0.05) is 23.9 Å². The molecule has 0 aliphatic carbocycles. The van der Waals surface area contributed by atoms with Crippen molar-refractivity contribution in [3.05, 3.63) is 101 Å². The molecule has 3 rings (SSSR count). The molecule has 2 aromatic carbocycles. The number of aromatic nitrogens is 1. The molecule has 0 saturated heterocycles. The number of hydrogen-bond acceptors (Lipinski definition) is 3. The van der Waals surface area contributed by atoms with Crippen LogP contribution < -0.4 is 10.6 Å². The number of nitrogens with one attached hydrogen (secondary N) is 2. The number of carbonyl (C=O) groups is 2. The SMILES string of the molecule is Cc1ccccc1CNC(=O)c1ccc(C(=O)NCc2ccccn2)cc1. The molecule has 1 heterocycles. The van der Waals surface area contributed by atoms with Crippen molar-refractivity contribution in [1.29, 1.82) is 0 Å². The fourth-order valence-corrected chi connectivity index (χ4v) is 2.63. The molecule has 0 spiro atoms. The first-order chi connectivity index (χ1) is 13.1. The lowest BCUT2D eigenvalue weighted by atomic mass is 10.1. The van der Waals surface area contributed by atoms with E-state index < -0.39 is 0 Å². The number of rotatable bonds is 6. The largest absolute Gasteiger partial charge is 0.348 e. The Kier molecular flexibility index (Phi) is 5.94. The number of benzene rings is 2. The Morgan fingerprint density at radius 2 is 1.37 bits per heavy atom. The zero-order valence-electron chi connectivity index (χ0n) is 15.1. The second-order valence-electron chi connectivity index (χ2n) is 6.19. The standard InChI is InChI=1S/C22H21N3O2/c1-16-6-2-3-7-19(16)14-24-21(26)17-9-11-18(12-10-17)22(27)25-15-20-8-4-5-13-23-20/h2-13H,14-15H2,1H3,(H,24,26)(H,25,27). The summed E-state index contributed by atoms with van der Waals surface area (Å²) in [6, 6.07) is 20.1. The van der Waals surface area contributed by atoms with Crippen LogP contribution in [0, 0.1) is 6.92 Å². The van der Waals surface area contributed by atoms with Crippen LogP contribution in [-0.4, -0.2) is 16.8 Å². The van der Waals surface area contributed by atoms with Gasteiger partial charge in [0.15, 0.2) is 0 Å². The molecule has 3 aromatic rings. The third kappa shape index (κ3) is 5.01. The summed E-state index contributed by atoms with van der Waals surface area (Å²) in [5.74, 6) is -0.369. The van der Waals surface area contributed by atoms with Crippen LogP contribution in [0.25, 0.3) is 0 Å². The minimum atomic E-state index is -0.201. The Morgan fingerprint density at radius 1 is 0.778 bits per heavy atom. The van der Waals surface area contributed by atoms with Gasteiger partial charge in [-0.15, -0.1) is 0 Å². The van der Waals surface area contributed by atoms with Crippen molar-refractivity contribution in [3.8, 4) is 0 Å². The van der Waals surface area contributed by atoms with Crippen LogP contribution in [0.2, 0.25) is 0 Å². The summed E-state index contributed by atoms with van der Waals surface area (Å²) in [6.45, 7) is 2.84. The molecule has 27 heavy (non-hydrogen) atoms. The van der Waals surface area contributed by atoms with E-state index in [4.69, 9.17) is 0 Å². The van der Waals surface area contributed by atoms with Crippen molar-refractivity contribution in [1.82, 2.24) is 15.6 Å². The van der Waals surface area contributed by atoms with Gasteiger partial charge in [-0.3, -0.25) is 14.6 Å². The monoisotopic (exact) mass is 359 g/mol. The molecular formula is C22H21N3O2. The number of pyridine rings is 1. The first kappa shape index (κ1) is 18.3. The Balaban J connectivity index is 1.55. The molecule has 2 N–H and O–H groups in total. The van der Waals surface area contributed by atoms with Crippen molar-refractivity contribution in [2.75, 3.05) is 0 Å². The van der Waals surface area contributed by atoms with Gasteiger partial charge in [0.2, 0.25) is 0 Å². The molecule has 136 valence electrons. The van der Waals surface area contributed by atoms with Gasteiger partial charge in [0.25, 0.3) is 11.8 Å². The predicted molar refractivity (Wildman–Crippen MR) is 104 cm³/mol. The lowest BCUT2D eigenvalue weighted by Gasteiger charge is -2.09. The summed E-state index contributed by atoms with van der Waals surface area (Å²) < 4.78 is 0. The van der Waals surface area contributed by atoms with Crippen LogP contribution in [0.1, 0.15) is 37.5 Å². The van der Waals surface area contributed by atoms with Crippen LogP contribution >= 0.6 is 0 Å². The van der Waals surface area contributed by atoms with E-state index in [0.717, 1.165) is 16.8 Å². The van der Waals surface area contributed by atoms with Gasteiger partial charge in [-0.2, -0.15) is 0 Å². The van der Waals surface area contributed by atoms with Gasteiger partial charge in [0.1, 0.15) is 0 Å². The molecule has 0 radical (unpaired) electrons. The highest BCUT2D eigenvalue weighted by molar-refractivity contribution is 5.97. The normalized spacial score (nSPS) is 10.3. The molecule has 0 aliphatic heterocycles. The van der Waals surface area contributed by atoms with Crippen LogP contribution in [0.15, 0.2) is 72.9 Å². The fraction of sp³-hybridized carbons (Fsp3) is 0.136. The molecule has 0 unspecified atom stereocenters. The first-order valence-electron chi connectivity index (χ1n) is 8.74. The molecule has 2 amide bonds. The number of aryl methyl sites for hydroxylation is 1. The summed E-state index contributed by atoms with van der Waals surface area (Å²) in [4.78, 5) is 28.7. The molecule has 5 nitrogen and oxygen atoms in total. The maximum Gasteiger partial charge on any atom is 0.251 e. The van der Waals surface area contributed by atoms with E-state index in [2.05, 4.69) is 15.6 Å². The predicted octanol–water partition coefficient (Wildman–Crippen LogP) is 3.25. The molecular weight excluding hydrogens is 338 g/mol. The molecule has 0 aliphatic rings. The van der Waals surface area contributed by atoms with Crippen molar-refractivity contribution >= 4 is 11.8 Å². The van der Waals surface area contributed by atoms with Crippen LogP contribution in [-0.2, 0) is 13.1 Å². The van der Waals surface area contributed by atoms with Gasteiger partial charge in [-0.05, 0) is 54.4 Å². The minimum absolute atomic E-state index is 0.168. The molecule has 1 aromatic heterocycles. The highest BCUT2D eigenvalue weighted by atomic mass is 16.2. The average molecular weight is 359 g/mol. The Morgan fingerprint density at radius 3 is 1.96 bits per heavy atom. The highest BCUT2D eigenvalue weighted by Gasteiger charge is 2.09.